The van der Waals surface area contributed by atoms with Crippen LogP contribution in [-0.4, -0.2) is 21.8 Å². The lowest BCUT2D eigenvalue weighted by Crippen LogP contribution is -2.09. The molecule has 0 radical (unpaired) electrons. The highest BCUT2D eigenvalue weighted by atomic mass is 19.4. The molecule has 1 N–H and O–H groups in total. The number of benzene rings is 1. The van der Waals surface area contributed by atoms with Crippen LogP contribution in [0.1, 0.15) is 18.3 Å². The Bertz CT molecular complexity index is 618. The van der Waals surface area contributed by atoms with E-state index in [-0.39, 0.29) is 11.6 Å². The topological polar surface area (TPSA) is 42.7 Å². The molecule has 108 valence electrons. The number of nitrogens with one attached hydrogen (secondary N) is 1. The van der Waals surface area contributed by atoms with Gasteiger partial charge in [-0.3, -0.25) is 0 Å². The van der Waals surface area contributed by atoms with E-state index in [0.717, 1.165) is 10.2 Å². The number of hydrogen-bond donors (Lipinski definition) is 1. The van der Waals surface area contributed by atoms with Gasteiger partial charge in [-0.2, -0.15) is 22.8 Å². The van der Waals surface area contributed by atoms with Gasteiger partial charge in [-0.25, -0.2) is 4.39 Å². The second kappa shape index (κ2) is 5.10. The van der Waals surface area contributed by atoms with E-state index in [1.54, 1.807) is 6.07 Å². The average molecular weight is 288 g/mol. The third-order valence-corrected chi connectivity index (χ3v) is 2.73. The van der Waals surface area contributed by atoms with Crippen LogP contribution in [-0.2, 0) is 12.6 Å². The lowest BCUT2D eigenvalue weighted by Gasteiger charge is -2.07. The molecule has 0 saturated heterocycles. The van der Waals surface area contributed by atoms with Crippen molar-refractivity contribution in [2.75, 3.05) is 12.4 Å². The first-order valence-corrected chi connectivity index (χ1v) is 5.87. The van der Waals surface area contributed by atoms with E-state index in [1.165, 1.54) is 19.2 Å². The van der Waals surface area contributed by atoms with Crippen molar-refractivity contribution >= 4 is 5.95 Å². The fraction of sp³-hybridized carbons (Fsp3) is 0.333. The standard InChI is InChI=1S/C12H12F4N4/c1-3-7-4-5-9(8(13)6-7)20-11(17-2)18-10(19-20)12(14,15)16/h4-6H,3H2,1-2H3,(H,17,18,19). The second-order valence-corrected chi connectivity index (χ2v) is 4.06. The number of nitrogens with zero attached hydrogens (tertiary/aromatic N) is 3. The molecule has 0 spiro atoms. The van der Waals surface area contributed by atoms with Gasteiger partial charge < -0.3 is 5.32 Å². The van der Waals surface area contributed by atoms with E-state index < -0.39 is 17.8 Å². The van der Waals surface area contributed by atoms with Crippen molar-refractivity contribution in [2.45, 2.75) is 19.5 Å². The Balaban J connectivity index is 2.54. The van der Waals surface area contributed by atoms with Crippen LogP contribution in [0.4, 0.5) is 23.5 Å². The van der Waals surface area contributed by atoms with Crippen LogP contribution in [0, 0.1) is 5.82 Å². The van der Waals surface area contributed by atoms with E-state index in [2.05, 4.69) is 15.4 Å². The molecule has 0 amide bonds. The molecule has 0 fully saturated rings. The quantitative estimate of drug-likeness (QED) is 0.883. The minimum Gasteiger partial charge on any atom is -0.357 e. The number of alkyl halides is 3. The summed E-state index contributed by atoms with van der Waals surface area (Å²) in [5, 5.41) is 5.78. The molecule has 2 aromatic rings. The van der Waals surface area contributed by atoms with Gasteiger partial charge in [0.2, 0.25) is 5.95 Å². The zero-order valence-corrected chi connectivity index (χ0v) is 10.8. The monoisotopic (exact) mass is 288 g/mol. The molecule has 0 unspecified atom stereocenters. The van der Waals surface area contributed by atoms with E-state index in [0.29, 0.717) is 6.42 Å². The molecule has 4 nitrogen and oxygen atoms in total. The molecule has 0 atom stereocenters. The molecule has 20 heavy (non-hydrogen) atoms. The summed E-state index contributed by atoms with van der Waals surface area (Å²) >= 11 is 0. The van der Waals surface area contributed by atoms with Gasteiger partial charge in [-0.1, -0.05) is 13.0 Å². The number of halogens is 4. The van der Waals surface area contributed by atoms with E-state index in [4.69, 9.17) is 0 Å². The summed E-state index contributed by atoms with van der Waals surface area (Å²) in [5.74, 6) is -2.15. The highest BCUT2D eigenvalue weighted by Gasteiger charge is 2.37. The third-order valence-electron chi connectivity index (χ3n) is 2.73. The highest BCUT2D eigenvalue weighted by Crippen LogP contribution is 2.29. The molecule has 0 aliphatic rings. The first-order chi connectivity index (χ1) is 9.36. The molecular weight excluding hydrogens is 276 g/mol. The van der Waals surface area contributed by atoms with Crippen LogP contribution in [0.2, 0.25) is 0 Å². The predicted molar refractivity (Wildman–Crippen MR) is 65.2 cm³/mol. The first-order valence-electron chi connectivity index (χ1n) is 5.87. The smallest absolute Gasteiger partial charge is 0.357 e. The van der Waals surface area contributed by atoms with Gasteiger partial charge >= 0.3 is 6.18 Å². The lowest BCUT2D eigenvalue weighted by atomic mass is 10.1. The average Bonchev–Trinajstić information content (AvgIpc) is 2.82. The minimum absolute atomic E-state index is 0.0884. The van der Waals surface area contributed by atoms with Gasteiger partial charge in [0.25, 0.3) is 5.82 Å². The van der Waals surface area contributed by atoms with Gasteiger partial charge in [-0.15, -0.1) is 5.10 Å². The van der Waals surface area contributed by atoms with E-state index in [1.807, 2.05) is 6.92 Å². The van der Waals surface area contributed by atoms with Crippen molar-refractivity contribution in [2.24, 2.45) is 0 Å². The van der Waals surface area contributed by atoms with Gasteiger partial charge in [0, 0.05) is 7.05 Å². The largest absolute Gasteiger partial charge is 0.453 e. The predicted octanol–water partition coefficient (Wildman–Crippen LogP) is 3.03. The Morgan fingerprint density at radius 3 is 2.50 bits per heavy atom. The Hall–Kier alpha value is -2.12. The molecule has 1 aromatic carbocycles. The zero-order valence-electron chi connectivity index (χ0n) is 10.8. The Kier molecular flexibility index (Phi) is 3.65. The van der Waals surface area contributed by atoms with Crippen molar-refractivity contribution in [1.29, 1.82) is 0 Å². The molecule has 2 rings (SSSR count). The van der Waals surface area contributed by atoms with Gasteiger partial charge in [0.1, 0.15) is 11.5 Å². The number of rotatable bonds is 3. The van der Waals surface area contributed by atoms with E-state index >= 15 is 0 Å². The molecule has 1 aromatic heterocycles. The van der Waals surface area contributed by atoms with Crippen LogP contribution in [0.5, 0.6) is 0 Å². The molecule has 0 saturated carbocycles. The Morgan fingerprint density at radius 2 is 2.00 bits per heavy atom. The van der Waals surface area contributed by atoms with Crippen LogP contribution in [0.3, 0.4) is 0 Å². The molecule has 0 aliphatic heterocycles. The van der Waals surface area contributed by atoms with Gasteiger partial charge in [0.15, 0.2) is 0 Å². The SMILES string of the molecule is CCc1ccc(-n2nc(C(F)(F)F)nc2NC)c(F)c1. The van der Waals surface area contributed by atoms with E-state index in [9.17, 15) is 17.6 Å². The van der Waals surface area contributed by atoms with Gasteiger partial charge in [-0.05, 0) is 24.1 Å². The maximum absolute atomic E-state index is 13.9. The summed E-state index contributed by atoms with van der Waals surface area (Å²) < 4.78 is 52.5. The third kappa shape index (κ3) is 2.59. The van der Waals surface area contributed by atoms with Crippen molar-refractivity contribution in [3.63, 3.8) is 0 Å². The van der Waals surface area contributed by atoms with Crippen LogP contribution in [0.25, 0.3) is 5.69 Å². The summed E-state index contributed by atoms with van der Waals surface area (Å²) in [6.45, 7) is 1.85. The normalized spacial score (nSPS) is 11.7. The number of aryl methyl sites for hydroxylation is 1. The number of hydrogen-bond acceptors (Lipinski definition) is 3. The zero-order chi connectivity index (χ0) is 14.9. The Morgan fingerprint density at radius 1 is 1.30 bits per heavy atom. The molecule has 8 heteroatoms. The highest BCUT2D eigenvalue weighted by molar-refractivity contribution is 5.42. The second-order valence-electron chi connectivity index (χ2n) is 4.06. The summed E-state index contributed by atoms with van der Waals surface area (Å²) in [5.41, 5.74) is 0.656. The van der Waals surface area contributed by atoms with Crippen molar-refractivity contribution in [1.82, 2.24) is 14.8 Å². The van der Waals surface area contributed by atoms with Crippen LogP contribution >= 0.6 is 0 Å². The Labute approximate surface area is 112 Å². The summed E-state index contributed by atoms with van der Waals surface area (Å²) in [6.07, 6.45) is -4.06. The van der Waals surface area contributed by atoms with Crippen molar-refractivity contribution in [3.05, 3.63) is 35.4 Å². The van der Waals surface area contributed by atoms with Crippen LogP contribution < -0.4 is 5.32 Å². The summed E-state index contributed by atoms with van der Waals surface area (Å²) in [4.78, 5) is 3.31. The minimum atomic E-state index is -4.68. The number of anilines is 1. The maximum Gasteiger partial charge on any atom is 0.453 e. The summed E-state index contributed by atoms with van der Waals surface area (Å²) in [7, 11) is 1.39. The van der Waals surface area contributed by atoms with Crippen LogP contribution in [0.15, 0.2) is 18.2 Å². The molecular formula is C12H12F4N4. The molecule has 1 heterocycles. The molecule has 0 bridgehead atoms. The lowest BCUT2D eigenvalue weighted by molar-refractivity contribution is -0.144. The fourth-order valence-electron chi connectivity index (χ4n) is 1.70. The van der Waals surface area contributed by atoms with Crippen molar-refractivity contribution < 1.29 is 17.6 Å². The maximum atomic E-state index is 13.9. The molecule has 0 aliphatic carbocycles. The summed E-state index contributed by atoms with van der Waals surface area (Å²) in [6, 6.07) is 4.28. The fourth-order valence-corrected chi connectivity index (χ4v) is 1.70. The van der Waals surface area contributed by atoms with Gasteiger partial charge in [0.05, 0.1) is 0 Å². The first kappa shape index (κ1) is 14.3. The van der Waals surface area contributed by atoms with Crippen molar-refractivity contribution in [3.8, 4) is 5.69 Å². The number of aromatic nitrogens is 3.